The van der Waals surface area contributed by atoms with Gasteiger partial charge in [0.15, 0.2) is 5.82 Å². The van der Waals surface area contributed by atoms with E-state index in [2.05, 4.69) is 15.4 Å². The first-order valence-corrected chi connectivity index (χ1v) is 2.82. The summed E-state index contributed by atoms with van der Waals surface area (Å²) in [7, 11) is 0. The Morgan fingerprint density at radius 3 is 2.58 bits per heavy atom. The highest BCUT2D eigenvalue weighted by Gasteiger charge is 2.38. The summed E-state index contributed by atoms with van der Waals surface area (Å²) in [4.78, 5) is 10.3. The summed E-state index contributed by atoms with van der Waals surface area (Å²) < 4.78 is 34.8. The minimum absolute atomic E-state index is 0.266. The largest absolute Gasteiger partial charge is 0.450 e. The fourth-order valence-corrected chi connectivity index (χ4v) is 0.501. The monoisotopic (exact) mass is 180 g/mol. The molecule has 1 rings (SSSR count). The van der Waals surface area contributed by atoms with E-state index < -0.39 is 18.4 Å². The molecule has 0 spiro atoms. The number of H-pyrrole nitrogens is 1. The Balaban J connectivity index is 2.60. The van der Waals surface area contributed by atoms with Crippen molar-refractivity contribution in [3.63, 3.8) is 0 Å². The molecular weight excluding hydrogens is 177 g/mol. The van der Waals surface area contributed by atoms with Crippen LogP contribution in [0.2, 0.25) is 0 Å². The highest BCUT2D eigenvalue weighted by Crippen LogP contribution is 2.17. The first kappa shape index (κ1) is 8.62. The van der Waals surface area contributed by atoms with Crippen molar-refractivity contribution in [2.75, 3.05) is 0 Å². The van der Waals surface area contributed by atoms with E-state index in [1.807, 2.05) is 5.21 Å². The van der Waals surface area contributed by atoms with Crippen LogP contribution in [0.3, 0.4) is 0 Å². The van der Waals surface area contributed by atoms with Crippen LogP contribution in [0.25, 0.3) is 0 Å². The molecule has 66 valence electrons. The zero-order valence-corrected chi connectivity index (χ0v) is 5.59. The molecule has 0 radical (unpaired) electrons. The van der Waals surface area contributed by atoms with E-state index >= 15 is 0 Å². The summed E-state index contributed by atoms with van der Waals surface area (Å²) in [5, 5.41) is 11.3. The number of aromatic nitrogens is 4. The van der Waals surface area contributed by atoms with Crippen LogP contribution >= 0.6 is 0 Å². The van der Waals surface area contributed by atoms with E-state index in [4.69, 9.17) is 0 Å². The average Bonchev–Trinajstić information content (AvgIpc) is 2.37. The summed E-state index contributed by atoms with van der Waals surface area (Å²) >= 11 is 0. The molecule has 0 aliphatic heterocycles. The van der Waals surface area contributed by atoms with Gasteiger partial charge in [0.25, 0.3) is 0 Å². The standard InChI is InChI=1S/C4H3F3N4O/c5-4(6,7)2(12)1-3-8-10-11-9-3/h1H2,(H,8,9,10,11). The molecule has 0 saturated heterocycles. The molecular formula is C4H3F3N4O. The number of Topliss-reactive ketones (excluding diaryl/α,β-unsaturated/α-hetero) is 1. The molecule has 1 aromatic rings. The number of alkyl halides is 3. The van der Waals surface area contributed by atoms with Gasteiger partial charge < -0.3 is 0 Å². The average molecular weight is 180 g/mol. The maximum Gasteiger partial charge on any atom is 0.450 e. The van der Waals surface area contributed by atoms with Gasteiger partial charge in [-0.1, -0.05) is 5.21 Å². The Labute approximate surface area is 64.0 Å². The normalized spacial score (nSPS) is 11.6. The molecule has 0 aliphatic rings. The van der Waals surface area contributed by atoms with Crippen molar-refractivity contribution < 1.29 is 18.0 Å². The minimum atomic E-state index is -4.83. The second kappa shape index (κ2) is 2.88. The van der Waals surface area contributed by atoms with Gasteiger partial charge in [0.2, 0.25) is 5.78 Å². The Morgan fingerprint density at radius 1 is 1.50 bits per heavy atom. The van der Waals surface area contributed by atoms with E-state index in [0.29, 0.717) is 0 Å². The van der Waals surface area contributed by atoms with Crippen LogP contribution in [-0.2, 0) is 11.2 Å². The van der Waals surface area contributed by atoms with Crippen LogP contribution < -0.4 is 0 Å². The maximum absolute atomic E-state index is 11.6. The second-order valence-corrected chi connectivity index (χ2v) is 1.93. The highest BCUT2D eigenvalue weighted by molar-refractivity contribution is 5.85. The van der Waals surface area contributed by atoms with Crippen LogP contribution in [0, 0.1) is 0 Å². The Morgan fingerprint density at radius 2 is 2.17 bits per heavy atom. The lowest BCUT2D eigenvalue weighted by Crippen LogP contribution is -2.25. The van der Waals surface area contributed by atoms with Gasteiger partial charge in [0.1, 0.15) is 0 Å². The number of carbonyl (C=O) groups is 1. The molecule has 5 nitrogen and oxygen atoms in total. The van der Waals surface area contributed by atoms with Gasteiger partial charge in [-0.2, -0.15) is 18.4 Å². The molecule has 8 heteroatoms. The Bertz CT molecular complexity index is 266. The van der Waals surface area contributed by atoms with E-state index in [1.54, 1.807) is 0 Å². The third kappa shape index (κ3) is 2.01. The van der Waals surface area contributed by atoms with E-state index in [1.165, 1.54) is 0 Å². The molecule has 0 aliphatic carbocycles. The van der Waals surface area contributed by atoms with Crippen molar-refractivity contribution in [1.82, 2.24) is 20.6 Å². The zero-order valence-electron chi connectivity index (χ0n) is 5.59. The molecule has 0 bridgehead atoms. The predicted octanol–water partition coefficient (Wildman–Crippen LogP) is -0.126. The number of halogens is 3. The topological polar surface area (TPSA) is 71.5 Å². The molecule has 0 aromatic carbocycles. The van der Waals surface area contributed by atoms with Crippen LogP contribution in [0.5, 0.6) is 0 Å². The SMILES string of the molecule is O=C(Cc1nn[nH]n1)C(F)(F)F. The molecule has 0 saturated carbocycles. The van der Waals surface area contributed by atoms with Gasteiger partial charge in [-0.3, -0.25) is 4.79 Å². The zero-order chi connectivity index (χ0) is 9.19. The summed E-state index contributed by atoms with van der Waals surface area (Å²) in [6.07, 6.45) is -5.71. The van der Waals surface area contributed by atoms with Gasteiger partial charge in [-0.05, 0) is 0 Å². The van der Waals surface area contributed by atoms with Gasteiger partial charge in [0.05, 0.1) is 6.42 Å². The number of hydrogen-bond acceptors (Lipinski definition) is 4. The number of nitrogens with one attached hydrogen (secondary N) is 1. The summed E-state index contributed by atoms with van der Waals surface area (Å²) in [6, 6.07) is 0. The third-order valence-electron chi connectivity index (χ3n) is 1.02. The van der Waals surface area contributed by atoms with Gasteiger partial charge >= 0.3 is 6.18 Å². The first-order valence-electron chi connectivity index (χ1n) is 2.82. The second-order valence-electron chi connectivity index (χ2n) is 1.93. The number of nitrogens with zero attached hydrogens (tertiary/aromatic N) is 3. The van der Waals surface area contributed by atoms with Crippen molar-refractivity contribution in [1.29, 1.82) is 0 Å². The number of ketones is 1. The molecule has 0 fully saturated rings. The Kier molecular flexibility index (Phi) is 2.07. The fourth-order valence-electron chi connectivity index (χ4n) is 0.501. The van der Waals surface area contributed by atoms with Crippen LogP contribution in [0.15, 0.2) is 0 Å². The minimum Gasteiger partial charge on any atom is -0.289 e. The number of aromatic amines is 1. The van der Waals surface area contributed by atoms with Crippen LogP contribution in [0.1, 0.15) is 5.82 Å². The number of carbonyl (C=O) groups excluding carboxylic acids is 1. The molecule has 0 amide bonds. The van der Waals surface area contributed by atoms with Crippen molar-refractivity contribution in [3.8, 4) is 0 Å². The van der Waals surface area contributed by atoms with Crippen molar-refractivity contribution in [3.05, 3.63) is 5.82 Å². The number of hydrogen-bond donors (Lipinski definition) is 1. The lowest BCUT2D eigenvalue weighted by molar-refractivity contribution is -0.170. The highest BCUT2D eigenvalue weighted by atomic mass is 19.4. The predicted molar refractivity (Wildman–Crippen MR) is 28.9 cm³/mol. The lowest BCUT2D eigenvalue weighted by atomic mass is 10.3. The van der Waals surface area contributed by atoms with Crippen molar-refractivity contribution >= 4 is 5.78 Å². The number of tetrazole rings is 1. The molecule has 1 aromatic heterocycles. The molecule has 0 unspecified atom stereocenters. The molecule has 0 atom stereocenters. The van der Waals surface area contributed by atoms with Gasteiger partial charge in [0, 0.05) is 0 Å². The van der Waals surface area contributed by atoms with E-state index in [9.17, 15) is 18.0 Å². The third-order valence-corrected chi connectivity index (χ3v) is 1.02. The van der Waals surface area contributed by atoms with Gasteiger partial charge in [-0.25, -0.2) is 0 Å². The first-order chi connectivity index (χ1) is 5.50. The van der Waals surface area contributed by atoms with E-state index in [0.717, 1.165) is 0 Å². The van der Waals surface area contributed by atoms with Crippen molar-refractivity contribution in [2.45, 2.75) is 12.6 Å². The van der Waals surface area contributed by atoms with Crippen LogP contribution in [0.4, 0.5) is 13.2 Å². The molecule has 12 heavy (non-hydrogen) atoms. The van der Waals surface area contributed by atoms with E-state index in [-0.39, 0.29) is 5.82 Å². The summed E-state index contributed by atoms with van der Waals surface area (Å²) in [6.45, 7) is 0. The summed E-state index contributed by atoms with van der Waals surface area (Å²) in [5.74, 6) is -2.15. The van der Waals surface area contributed by atoms with Gasteiger partial charge in [-0.15, -0.1) is 10.2 Å². The Hall–Kier alpha value is -1.47. The lowest BCUT2D eigenvalue weighted by Gasteiger charge is -2.00. The van der Waals surface area contributed by atoms with Crippen molar-refractivity contribution in [2.24, 2.45) is 0 Å². The maximum atomic E-state index is 11.6. The quantitative estimate of drug-likeness (QED) is 0.688. The van der Waals surface area contributed by atoms with Crippen LogP contribution in [-0.4, -0.2) is 32.6 Å². The summed E-state index contributed by atoms with van der Waals surface area (Å²) in [5.41, 5.74) is 0. The number of rotatable bonds is 2. The molecule has 1 heterocycles. The fraction of sp³-hybridized carbons (Fsp3) is 0.500. The smallest absolute Gasteiger partial charge is 0.289 e. The molecule has 1 N–H and O–H groups in total.